The highest BCUT2D eigenvalue weighted by molar-refractivity contribution is 5.67. The van der Waals surface area contributed by atoms with Crippen molar-refractivity contribution in [2.75, 3.05) is 20.3 Å². The smallest absolute Gasteiger partial charge is 0.303 e. The third-order valence-electron chi connectivity index (χ3n) is 5.12. The van der Waals surface area contributed by atoms with Crippen molar-refractivity contribution in [3.63, 3.8) is 0 Å². The maximum absolute atomic E-state index is 10.9. The number of rotatable bonds is 15. The molecule has 2 aromatic carbocycles. The monoisotopic (exact) mass is 428 g/mol. The first-order valence-corrected chi connectivity index (χ1v) is 11.3. The third kappa shape index (κ3) is 8.52. The van der Waals surface area contributed by atoms with Crippen LogP contribution in [-0.2, 0) is 24.1 Å². The van der Waals surface area contributed by atoms with Crippen molar-refractivity contribution < 1.29 is 24.1 Å². The number of aliphatic carboxylic acids is 1. The molecule has 31 heavy (non-hydrogen) atoms. The Bertz CT molecular complexity index is 815. The average Bonchev–Trinajstić information content (AvgIpc) is 2.77. The molecular weight excluding hydrogens is 392 g/mol. The van der Waals surface area contributed by atoms with Gasteiger partial charge >= 0.3 is 5.97 Å². The van der Waals surface area contributed by atoms with E-state index in [0.29, 0.717) is 19.6 Å². The summed E-state index contributed by atoms with van der Waals surface area (Å²) in [5, 5.41) is 8.92. The maximum atomic E-state index is 10.9. The number of hydrogen-bond acceptors (Lipinski definition) is 4. The summed E-state index contributed by atoms with van der Waals surface area (Å²) < 4.78 is 17.3. The number of benzene rings is 2. The van der Waals surface area contributed by atoms with E-state index in [4.69, 9.17) is 19.3 Å². The molecule has 0 saturated heterocycles. The highest BCUT2D eigenvalue weighted by Crippen LogP contribution is 2.29. The van der Waals surface area contributed by atoms with Crippen molar-refractivity contribution >= 4 is 5.97 Å². The summed E-state index contributed by atoms with van der Waals surface area (Å²) in [5.41, 5.74) is 3.38. The molecule has 170 valence electrons. The summed E-state index contributed by atoms with van der Waals surface area (Å²) in [6.07, 6.45) is 6.53. The van der Waals surface area contributed by atoms with Crippen molar-refractivity contribution in [2.45, 2.75) is 65.2 Å². The van der Waals surface area contributed by atoms with E-state index in [1.165, 1.54) is 11.1 Å². The first kappa shape index (κ1) is 24.6. The number of unbranched alkanes of at least 4 members (excludes halogenated alkanes) is 1. The quantitative estimate of drug-likeness (QED) is 0.360. The molecule has 0 heterocycles. The molecule has 5 heteroatoms. The lowest BCUT2D eigenvalue weighted by atomic mass is 10.0. The van der Waals surface area contributed by atoms with Crippen LogP contribution < -0.4 is 14.2 Å². The van der Waals surface area contributed by atoms with Crippen LogP contribution in [0.1, 0.15) is 62.6 Å². The minimum atomic E-state index is -0.780. The Morgan fingerprint density at radius 3 is 2.23 bits per heavy atom. The van der Waals surface area contributed by atoms with Crippen LogP contribution in [0, 0.1) is 0 Å². The van der Waals surface area contributed by atoms with E-state index >= 15 is 0 Å². The average molecular weight is 429 g/mol. The summed E-state index contributed by atoms with van der Waals surface area (Å²) >= 11 is 0. The van der Waals surface area contributed by atoms with Crippen LogP contribution >= 0.6 is 0 Å². The van der Waals surface area contributed by atoms with Crippen LogP contribution in [0.2, 0.25) is 0 Å². The third-order valence-corrected chi connectivity index (χ3v) is 5.12. The Morgan fingerprint density at radius 2 is 1.52 bits per heavy atom. The Labute approximate surface area is 186 Å². The summed E-state index contributed by atoms with van der Waals surface area (Å²) in [4.78, 5) is 10.9. The predicted molar refractivity (Wildman–Crippen MR) is 124 cm³/mol. The molecule has 0 radical (unpaired) electrons. The maximum Gasteiger partial charge on any atom is 0.303 e. The van der Waals surface area contributed by atoms with Crippen molar-refractivity contribution in [3.8, 4) is 17.2 Å². The molecule has 2 aromatic rings. The largest absolute Gasteiger partial charge is 0.493 e. The minimum Gasteiger partial charge on any atom is -0.493 e. The summed E-state index contributed by atoms with van der Waals surface area (Å²) in [6, 6.07) is 12.3. The fourth-order valence-electron chi connectivity index (χ4n) is 3.35. The number of aryl methyl sites for hydroxylation is 3. The molecular formula is C26H36O5. The zero-order valence-electron chi connectivity index (χ0n) is 19.1. The first-order chi connectivity index (χ1) is 15.1. The van der Waals surface area contributed by atoms with Gasteiger partial charge < -0.3 is 19.3 Å². The number of ether oxygens (including phenoxy) is 3. The van der Waals surface area contributed by atoms with E-state index in [1.807, 2.05) is 18.2 Å². The number of carboxylic acid groups (broad SMARTS) is 1. The van der Waals surface area contributed by atoms with E-state index in [9.17, 15) is 4.79 Å². The van der Waals surface area contributed by atoms with Gasteiger partial charge in [-0.15, -0.1) is 0 Å². The highest BCUT2D eigenvalue weighted by atomic mass is 16.5. The SMILES string of the molecule is CCCCOc1ccc(CCCc2ccc(CCC(=O)O)cc2OCCC)cc1OC. The molecule has 1 N–H and O–H groups in total. The lowest BCUT2D eigenvalue weighted by Gasteiger charge is -2.14. The molecule has 0 saturated carbocycles. The second-order valence-electron chi connectivity index (χ2n) is 7.73. The fourth-order valence-corrected chi connectivity index (χ4v) is 3.35. The number of hydrogen-bond donors (Lipinski definition) is 1. The van der Waals surface area contributed by atoms with Crippen LogP contribution in [0.15, 0.2) is 36.4 Å². The van der Waals surface area contributed by atoms with Crippen LogP contribution in [0.4, 0.5) is 0 Å². The van der Waals surface area contributed by atoms with Gasteiger partial charge in [0.2, 0.25) is 0 Å². The zero-order valence-corrected chi connectivity index (χ0v) is 19.1. The van der Waals surface area contributed by atoms with Crippen molar-refractivity contribution in [1.82, 2.24) is 0 Å². The van der Waals surface area contributed by atoms with Gasteiger partial charge in [0.25, 0.3) is 0 Å². The molecule has 0 fully saturated rings. The van der Waals surface area contributed by atoms with Crippen molar-refractivity contribution in [1.29, 1.82) is 0 Å². The van der Waals surface area contributed by atoms with Crippen LogP contribution in [-0.4, -0.2) is 31.4 Å². The molecule has 5 nitrogen and oxygen atoms in total. The van der Waals surface area contributed by atoms with Crippen LogP contribution in [0.25, 0.3) is 0 Å². The molecule has 0 amide bonds. The molecule has 0 unspecified atom stereocenters. The minimum absolute atomic E-state index is 0.131. The van der Waals surface area contributed by atoms with Gasteiger partial charge in [-0.05, 0) is 73.4 Å². The standard InChI is InChI=1S/C26H36O5/c1-4-6-17-31-23-14-11-20(19-25(23)29-3)8-7-9-22-13-10-21(12-15-26(27)28)18-24(22)30-16-5-2/h10-11,13-14,18-19H,4-9,12,15-17H2,1-3H3,(H,27,28). The number of methoxy groups -OCH3 is 1. The Kier molecular flexibility index (Phi) is 10.8. The van der Waals surface area contributed by atoms with E-state index in [2.05, 4.69) is 32.0 Å². The van der Waals surface area contributed by atoms with E-state index in [1.54, 1.807) is 7.11 Å². The van der Waals surface area contributed by atoms with Gasteiger partial charge in [-0.2, -0.15) is 0 Å². The summed E-state index contributed by atoms with van der Waals surface area (Å²) in [5.74, 6) is 1.68. The molecule has 0 bridgehead atoms. The lowest BCUT2D eigenvalue weighted by Crippen LogP contribution is -2.03. The highest BCUT2D eigenvalue weighted by Gasteiger charge is 2.09. The molecule has 0 atom stereocenters. The van der Waals surface area contributed by atoms with E-state index in [-0.39, 0.29) is 6.42 Å². The van der Waals surface area contributed by atoms with Gasteiger partial charge in [0.1, 0.15) is 5.75 Å². The second kappa shape index (κ2) is 13.6. The van der Waals surface area contributed by atoms with Crippen LogP contribution in [0.3, 0.4) is 0 Å². The van der Waals surface area contributed by atoms with Crippen molar-refractivity contribution in [3.05, 3.63) is 53.1 Å². The number of carboxylic acids is 1. The first-order valence-electron chi connectivity index (χ1n) is 11.3. The van der Waals surface area contributed by atoms with E-state index < -0.39 is 5.97 Å². The predicted octanol–water partition coefficient (Wildman–Crippen LogP) is 5.86. The van der Waals surface area contributed by atoms with Crippen LogP contribution in [0.5, 0.6) is 17.2 Å². The van der Waals surface area contributed by atoms with Gasteiger partial charge in [0, 0.05) is 6.42 Å². The van der Waals surface area contributed by atoms with Gasteiger partial charge in [-0.1, -0.05) is 38.5 Å². The number of carbonyl (C=O) groups is 1. The zero-order chi connectivity index (χ0) is 22.5. The molecule has 0 spiro atoms. The lowest BCUT2D eigenvalue weighted by molar-refractivity contribution is -0.136. The van der Waals surface area contributed by atoms with Gasteiger partial charge in [-0.3, -0.25) is 4.79 Å². The Hall–Kier alpha value is -2.69. The van der Waals surface area contributed by atoms with E-state index in [0.717, 1.165) is 61.3 Å². The topological polar surface area (TPSA) is 65.0 Å². The Morgan fingerprint density at radius 1 is 0.806 bits per heavy atom. The summed E-state index contributed by atoms with van der Waals surface area (Å²) in [6.45, 7) is 5.59. The molecule has 0 aromatic heterocycles. The van der Waals surface area contributed by atoms with Gasteiger partial charge in [0.05, 0.1) is 20.3 Å². The molecule has 0 aliphatic rings. The van der Waals surface area contributed by atoms with Crippen molar-refractivity contribution in [2.24, 2.45) is 0 Å². The molecule has 0 aliphatic heterocycles. The second-order valence-corrected chi connectivity index (χ2v) is 7.73. The molecule has 2 rings (SSSR count). The molecule has 0 aliphatic carbocycles. The summed E-state index contributed by atoms with van der Waals surface area (Å²) in [7, 11) is 1.68. The fraction of sp³-hybridized carbons (Fsp3) is 0.500. The normalized spacial score (nSPS) is 10.7. The van der Waals surface area contributed by atoms with Gasteiger partial charge in [0.15, 0.2) is 11.5 Å². The Balaban J connectivity index is 1.99. The van der Waals surface area contributed by atoms with Gasteiger partial charge in [-0.25, -0.2) is 0 Å².